The molecule has 1 heterocycles. The molecule has 0 atom stereocenters. The normalized spacial score (nSPS) is 11.2. The van der Waals surface area contributed by atoms with Crippen LogP contribution in [0.2, 0.25) is 0 Å². The van der Waals surface area contributed by atoms with E-state index in [0.29, 0.717) is 12.6 Å². The minimum Gasteiger partial charge on any atom is -0.494 e. The molecule has 28 heavy (non-hydrogen) atoms. The average molecular weight is 377 g/mol. The molecule has 0 fully saturated rings. The number of hydrogen-bond donors (Lipinski definition) is 2. The fraction of sp³-hybridized carbons (Fsp3) is 0.304. The molecular formula is C23H28N4O. The van der Waals surface area contributed by atoms with Gasteiger partial charge in [-0.15, -0.1) is 0 Å². The number of hydrogen-bond acceptors (Lipinski definition) is 5. The Hall–Kier alpha value is -3.08. The molecule has 146 valence electrons. The first kappa shape index (κ1) is 19.7. The predicted octanol–water partition coefficient (Wildman–Crippen LogP) is 5.97. The van der Waals surface area contributed by atoms with Crippen LogP contribution in [-0.2, 0) is 5.41 Å². The van der Waals surface area contributed by atoms with Gasteiger partial charge in [0.2, 0.25) is 5.95 Å². The second-order valence-electron chi connectivity index (χ2n) is 7.75. The highest BCUT2D eigenvalue weighted by atomic mass is 16.5. The van der Waals surface area contributed by atoms with Crippen molar-refractivity contribution in [2.75, 3.05) is 17.2 Å². The van der Waals surface area contributed by atoms with E-state index in [9.17, 15) is 0 Å². The third kappa shape index (κ3) is 5.22. The first-order chi connectivity index (χ1) is 13.3. The highest BCUT2D eigenvalue weighted by Crippen LogP contribution is 2.25. The van der Waals surface area contributed by atoms with E-state index in [4.69, 9.17) is 4.74 Å². The van der Waals surface area contributed by atoms with Gasteiger partial charge in [-0.05, 0) is 61.2 Å². The summed E-state index contributed by atoms with van der Waals surface area (Å²) in [6.07, 6.45) is 0. The highest BCUT2D eigenvalue weighted by Gasteiger charge is 2.13. The Bertz CT molecular complexity index is 913. The number of aromatic nitrogens is 2. The summed E-state index contributed by atoms with van der Waals surface area (Å²) in [6.45, 7) is 11.2. The Balaban J connectivity index is 1.74. The largest absolute Gasteiger partial charge is 0.494 e. The first-order valence-electron chi connectivity index (χ1n) is 9.56. The van der Waals surface area contributed by atoms with Crippen molar-refractivity contribution in [1.82, 2.24) is 9.97 Å². The summed E-state index contributed by atoms with van der Waals surface area (Å²) in [4.78, 5) is 9.07. The maximum absolute atomic E-state index is 5.48. The number of nitrogens with one attached hydrogen (secondary N) is 2. The minimum absolute atomic E-state index is 0.138. The lowest BCUT2D eigenvalue weighted by Gasteiger charge is -2.19. The molecule has 0 spiro atoms. The lowest BCUT2D eigenvalue weighted by molar-refractivity contribution is 0.340. The van der Waals surface area contributed by atoms with Crippen LogP contribution in [0.15, 0.2) is 54.6 Å². The zero-order valence-electron chi connectivity index (χ0n) is 17.2. The molecule has 3 aromatic rings. The van der Waals surface area contributed by atoms with Crippen LogP contribution in [0.1, 0.15) is 39.0 Å². The summed E-state index contributed by atoms with van der Waals surface area (Å²) in [5, 5.41) is 6.62. The molecule has 0 aliphatic carbocycles. The molecule has 3 rings (SSSR count). The molecule has 0 aliphatic heterocycles. The van der Waals surface area contributed by atoms with Gasteiger partial charge in [-0.25, -0.2) is 4.98 Å². The zero-order chi connectivity index (χ0) is 20.1. The SMILES string of the molecule is CCOc1ccc(Nc2nc(C)cc(Nc3ccc(C(C)(C)C)cc3)n2)cc1. The molecule has 0 unspecified atom stereocenters. The fourth-order valence-corrected chi connectivity index (χ4v) is 2.82. The summed E-state index contributed by atoms with van der Waals surface area (Å²) < 4.78 is 5.48. The van der Waals surface area contributed by atoms with Gasteiger partial charge < -0.3 is 15.4 Å². The van der Waals surface area contributed by atoms with E-state index >= 15 is 0 Å². The van der Waals surface area contributed by atoms with Gasteiger partial charge in [0.1, 0.15) is 11.6 Å². The molecule has 1 aromatic heterocycles. The first-order valence-corrected chi connectivity index (χ1v) is 9.56. The third-order valence-electron chi connectivity index (χ3n) is 4.30. The van der Waals surface area contributed by atoms with Gasteiger partial charge in [-0.1, -0.05) is 32.9 Å². The molecular weight excluding hydrogens is 348 g/mol. The maximum atomic E-state index is 5.48. The molecule has 0 saturated heterocycles. The Morgan fingerprint density at radius 2 is 1.46 bits per heavy atom. The zero-order valence-corrected chi connectivity index (χ0v) is 17.2. The molecule has 0 radical (unpaired) electrons. The van der Waals surface area contributed by atoms with Gasteiger partial charge in [-0.3, -0.25) is 0 Å². The van der Waals surface area contributed by atoms with E-state index in [-0.39, 0.29) is 5.41 Å². The van der Waals surface area contributed by atoms with E-state index in [2.05, 4.69) is 65.6 Å². The molecule has 0 saturated carbocycles. The van der Waals surface area contributed by atoms with Crippen LogP contribution < -0.4 is 15.4 Å². The van der Waals surface area contributed by atoms with Crippen LogP contribution in [-0.4, -0.2) is 16.6 Å². The quantitative estimate of drug-likeness (QED) is 0.555. The minimum atomic E-state index is 0.138. The Morgan fingerprint density at radius 3 is 2.07 bits per heavy atom. The number of nitrogens with zero attached hydrogens (tertiary/aromatic N) is 2. The van der Waals surface area contributed by atoms with E-state index < -0.39 is 0 Å². The summed E-state index contributed by atoms with van der Waals surface area (Å²) >= 11 is 0. The smallest absolute Gasteiger partial charge is 0.229 e. The predicted molar refractivity (Wildman–Crippen MR) is 116 cm³/mol. The van der Waals surface area contributed by atoms with Gasteiger partial charge in [-0.2, -0.15) is 4.98 Å². The summed E-state index contributed by atoms with van der Waals surface area (Å²) in [6, 6.07) is 18.2. The highest BCUT2D eigenvalue weighted by molar-refractivity contribution is 5.61. The summed E-state index contributed by atoms with van der Waals surface area (Å²) in [7, 11) is 0. The lowest BCUT2D eigenvalue weighted by atomic mass is 9.87. The van der Waals surface area contributed by atoms with E-state index in [1.165, 1.54) is 5.56 Å². The molecule has 2 aromatic carbocycles. The van der Waals surface area contributed by atoms with Crippen molar-refractivity contribution in [3.05, 3.63) is 65.9 Å². The van der Waals surface area contributed by atoms with Crippen LogP contribution in [0.4, 0.5) is 23.1 Å². The van der Waals surface area contributed by atoms with Gasteiger partial charge in [0, 0.05) is 23.1 Å². The Kier molecular flexibility index (Phi) is 5.83. The molecule has 0 amide bonds. The van der Waals surface area contributed by atoms with Crippen molar-refractivity contribution < 1.29 is 4.74 Å². The van der Waals surface area contributed by atoms with Crippen LogP contribution in [0.5, 0.6) is 5.75 Å². The van der Waals surface area contributed by atoms with Gasteiger partial charge in [0.05, 0.1) is 6.61 Å². The topological polar surface area (TPSA) is 59.1 Å². The van der Waals surface area contributed by atoms with Gasteiger partial charge in [0.15, 0.2) is 0 Å². The maximum Gasteiger partial charge on any atom is 0.229 e. The molecule has 0 aliphatic rings. The molecule has 2 N–H and O–H groups in total. The van der Waals surface area contributed by atoms with Crippen LogP contribution in [0, 0.1) is 6.92 Å². The van der Waals surface area contributed by atoms with Gasteiger partial charge >= 0.3 is 0 Å². The number of aryl methyl sites for hydroxylation is 1. The lowest BCUT2D eigenvalue weighted by Crippen LogP contribution is -2.10. The van der Waals surface area contributed by atoms with Crippen molar-refractivity contribution in [2.24, 2.45) is 0 Å². The van der Waals surface area contributed by atoms with Crippen LogP contribution >= 0.6 is 0 Å². The number of rotatable bonds is 6. The standard InChI is InChI=1S/C23H28N4O/c1-6-28-20-13-11-19(12-14-20)26-22-24-16(2)15-21(27-22)25-18-9-7-17(8-10-18)23(3,4)5/h7-15H,6H2,1-5H3,(H2,24,25,26,27). The number of anilines is 4. The Morgan fingerprint density at radius 1 is 0.857 bits per heavy atom. The fourth-order valence-electron chi connectivity index (χ4n) is 2.82. The Labute approximate surface area is 167 Å². The third-order valence-corrected chi connectivity index (χ3v) is 4.30. The van der Waals surface area contributed by atoms with Crippen LogP contribution in [0.25, 0.3) is 0 Å². The molecule has 5 nitrogen and oxygen atoms in total. The van der Waals surface area contributed by atoms with E-state index in [0.717, 1.165) is 28.6 Å². The van der Waals surface area contributed by atoms with Crippen LogP contribution in [0.3, 0.4) is 0 Å². The van der Waals surface area contributed by atoms with Crippen molar-refractivity contribution >= 4 is 23.1 Å². The van der Waals surface area contributed by atoms with E-state index in [1.54, 1.807) is 0 Å². The monoisotopic (exact) mass is 376 g/mol. The second kappa shape index (κ2) is 8.30. The summed E-state index contributed by atoms with van der Waals surface area (Å²) in [5.41, 5.74) is 4.23. The number of ether oxygens (including phenoxy) is 1. The van der Waals surface area contributed by atoms with Crippen molar-refractivity contribution in [2.45, 2.75) is 40.0 Å². The van der Waals surface area contributed by atoms with Crippen molar-refractivity contribution in [3.8, 4) is 5.75 Å². The summed E-state index contributed by atoms with van der Waals surface area (Å²) in [5.74, 6) is 2.15. The van der Waals surface area contributed by atoms with Gasteiger partial charge in [0.25, 0.3) is 0 Å². The second-order valence-corrected chi connectivity index (χ2v) is 7.75. The van der Waals surface area contributed by atoms with Crippen molar-refractivity contribution in [1.29, 1.82) is 0 Å². The van der Waals surface area contributed by atoms with E-state index in [1.807, 2.05) is 44.2 Å². The average Bonchev–Trinajstić information content (AvgIpc) is 2.63. The molecule has 0 bridgehead atoms. The van der Waals surface area contributed by atoms with Crippen molar-refractivity contribution in [3.63, 3.8) is 0 Å². The number of benzene rings is 2. The molecule has 5 heteroatoms.